The molecule has 0 N–H and O–H groups in total. The van der Waals surface area contributed by atoms with Crippen LogP contribution in [-0.2, 0) is 11.3 Å². The Hall–Kier alpha value is -2.51. The van der Waals surface area contributed by atoms with Gasteiger partial charge in [0.15, 0.2) is 0 Å². The van der Waals surface area contributed by atoms with Gasteiger partial charge in [-0.05, 0) is 37.8 Å². The van der Waals surface area contributed by atoms with Gasteiger partial charge in [-0.3, -0.25) is 9.69 Å². The molecule has 1 saturated heterocycles. The molecule has 30 heavy (non-hydrogen) atoms. The maximum atomic E-state index is 13.2. The molecular weight excluding hydrogens is 394 g/mol. The molecule has 0 radical (unpaired) electrons. The molecule has 1 fully saturated rings. The number of benzene rings is 1. The summed E-state index contributed by atoms with van der Waals surface area (Å²) in [5.74, 6) is 1.19. The van der Waals surface area contributed by atoms with Crippen LogP contribution in [-0.4, -0.2) is 63.9 Å². The summed E-state index contributed by atoms with van der Waals surface area (Å²) in [7, 11) is 0. The molecule has 0 unspecified atom stereocenters. The minimum atomic E-state index is -0.222. The average Bonchev–Trinajstić information content (AvgIpc) is 3.21. The fourth-order valence-corrected chi connectivity index (χ4v) is 4.62. The van der Waals surface area contributed by atoms with Gasteiger partial charge in [0.1, 0.15) is 17.0 Å². The van der Waals surface area contributed by atoms with E-state index in [9.17, 15) is 4.79 Å². The highest BCUT2D eigenvalue weighted by atomic mass is 32.1. The zero-order chi connectivity index (χ0) is 21.1. The first-order valence-corrected chi connectivity index (χ1v) is 11.3. The highest BCUT2D eigenvalue weighted by molar-refractivity contribution is 7.16. The molecule has 2 aromatic heterocycles. The third-order valence-electron chi connectivity index (χ3n) is 5.57. The number of aromatic nitrogens is 2. The molecule has 6 nitrogen and oxygen atoms in total. The lowest BCUT2D eigenvalue weighted by molar-refractivity contribution is -0.138. The van der Waals surface area contributed by atoms with Gasteiger partial charge < -0.3 is 9.80 Å². The second kappa shape index (κ2) is 8.70. The van der Waals surface area contributed by atoms with Crippen LogP contribution in [0.3, 0.4) is 0 Å². The summed E-state index contributed by atoms with van der Waals surface area (Å²) in [6, 6.07) is 12.3. The van der Waals surface area contributed by atoms with Gasteiger partial charge in [0.25, 0.3) is 0 Å². The zero-order valence-electron chi connectivity index (χ0n) is 17.9. The Labute approximate surface area is 182 Å². The SMILES string of the molecule is CC(C)(C)N(Cc1ccccc1)C(=O)CN1CCN(c2ncnc3sccc23)CC1. The summed E-state index contributed by atoms with van der Waals surface area (Å²) in [4.78, 5) is 29.7. The highest BCUT2D eigenvalue weighted by Gasteiger charge is 2.29. The maximum Gasteiger partial charge on any atom is 0.237 e. The van der Waals surface area contributed by atoms with Crippen molar-refractivity contribution in [2.45, 2.75) is 32.9 Å². The predicted molar refractivity (Wildman–Crippen MR) is 123 cm³/mol. The van der Waals surface area contributed by atoms with Crippen molar-refractivity contribution in [1.29, 1.82) is 0 Å². The first kappa shape index (κ1) is 20.8. The van der Waals surface area contributed by atoms with Crippen LogP contribution in [0.4, 0.5) is 5.82 Å². The Balaban J connectivity index is 1.38. The van der Waals surface area contributed by atoms with E-state index in [-0.39, 0.29) is 11.4 Å². The smallest absolute Gasteiger partial charge is 0.237 e. The van der Waals surface area contributed by atoms with Crippen molar-refractivity contribution in [3.05, 3.63) is 53.7 Å². The lowest BCUT2D eigenvalue weighted by atomic mass is 10.0. The number of carbonyl (C=O) groups excluding carboxylic acids is 1. The molecule has 7 heteroatoms. The van der Waals surface area contributed by atoms with Crippen molar-refractivity contribution in [2.24, 2.45) is 0 Å². The van der Waals surface area contributed by atoms with Crippen molar-refractivity contribution < 1.29 is 4.79 Å². The third kappa shape index (κ3) is 4.63. The second-order valence-corrected chi connectivity index (χ2v) is 9.63. The van der Waals surface area contributed by atoms with Gasteiger partial charge in [0, 0.05) is 38.3 Å². The van der Waals surface area contributed by atoms with Gasteiger partial charge in [-0.1, -0.05) is 30.3 Å². The van der Waals surface area contributed by atoms with E-state index in [1.165, 1.54) is 0 Å². The number of hydrogen-bond acceptors (Lipinski definition) is 6. The van der Waals surface area contributed by atoms with Crippen LogP contribution in [0.25, 0.3) is 10.2 Å². The minimum absolute atomic E-state index is 0.182. The Kier molecular flexibility index (Phi) is 6.01. The topological polar surface area (TPSA) is 52.6 Å². The number of thiophene rings is 1. The number of carbonyl (C=O) groups is 1. The Morgan fingerprint density at radius 2 is 1.80 bits per heavy atom. The van der Waals surface area contributed by atoms with Crippen molar-refractivity contribution >= 4 is 33.3 Å². The van der Waals surface area contributed by atoms with E-state index in [0.29, 0.717) is 13.1 Å². The molecular formula is C23H29N5OS. The van der Waals surface area contributed by atoms with Crippen LogP contribution in [0.1, 0.15) is 26.3 Å². The second-order valence-electron chi connectivity index (χ2n) is 8.74. The molecule has 4 rings (SSSR count). The van der Waals surface area contributed by atoms with E-state index in [4.69, 9.17) is 0 Å². The largest absolute Gasteiger partial charge is 0.353 e. The monoisotopic (exact) mass is 423 g/mol. The molecule has 1 aromatic carbocycles. The zero-order valence-corrected chi connectivity index (χ0v) is 18.7. The summed E-state index contributed by atoms with van der Waals surface area (Å²) in [5, 5.41) is 3.18. The number of rotatable bonds is 5. The molecule has 0 spiro atoms. The van der Waals surface area contributed by atoms with Gasteiger partial charge in [0.2, 0.25) is 5.91 Å². The molecule has 158 valence electrons. The third-order valence-corrected chi connectivity index (χ3v) is 6.39. The predicted octanol–water partition coefficient (Wildman–Crippen LogP) is 3.64. The fourth-order valence-electron chi connectivity index (χ4n) is 3.89. The number of amides is 1. The Morgan fingerprint density at radius 1 is 1.07 bits per heavy atom. The lowest BCUT2D eigenvalue weighted by Crippen LogP contribution is -2.53. The van der Waals surface area contributed by atoms with Gasteiger partial charge in [-0.2, -0.15) is 0 Å². The molecule has 1 aliphatic heterocycles. The van der Waals surface area contributed by atoms with Crippen molar-refractivity contribution in [3.8, 4) is 0 Å². The number of piperazine rings is 1. The van der Waals surface area contributed by atoms with Gasteiger partial charge in [-0.25, -0.2) is 9.97 Å². The summed E-state index contributed by atoms with van der Waals surface area (Å²) in [6.45, 7) is 10.8. The van der Waals surface area contributed by atoms with E-state index < -0.39 is 0 Å². The van der Waals surface area contributed by atoms with Gasteiger partial charge >= 0.3 is 0 Å². The lowest BCUT2D eigenvalue weighted by Gasteiger charge is -2.39. The van der Waals surface area contributed by atoms with Crippen LogP contribution >= 0.6 is 11.3 Å². The van der Waals surface area contributed by atoms with E-state index >= 15 is 0 Å². The quantitative estimate of drug-likeness (QED) is 0.627. The highest BCUT2D eigenvalue weighted by Crippen LogP contribution is 2.27. The van der Waals surface area contributed by atoms with Crippen LogP contribution in [0.15, 0.2) is 48.1 Å². The van der Waals surface area contributed by atoms with Gasteiger partial charge in [0.05, 0.1) is 11.9 Å². The average molecular weight is 424 g/mol. The Morgan fingerprint density at radius 3 is 2.50 bits per heavy atom. The van der Waals surface area contributed by atoms with E-state index in [1.54, 1.807) is 17.7 Å². The molecule has 0 atom stereocenters. The molecule has 1 aliphatic rings. The molecule has 3 aromatic rings. The number of nitrogens with zero attached hydrogens (tertiary/aromatic N) is 5. The minimum Gasteiger partial charge on any atom is -0.353 e. The standard InChI is InChI=1S/C23H29N5OS/c1-23(2,3)28(15-18-7-5-4-6-8-18)20(29)16-26-10-12-27(13-11-26)21-19-9-14-30-22(19)25-17-24-21/h4-9,14,17H,10-13,15-16H2,1-3H3. The van der Waals surface area contributed by atoms with Crippen LogP contribution < -0.4 is 4.90 Å². The first-order valence-electron chi connectivity index (χ1n) is 10.4. The van der Waals surface area contributed by atoms with Crippen LogP contribution in [0.2, 0.25) is 0 Å². The molecule has 0 bridgehead atoms. The molecule has 0 saturated carbocycles. The molecule has 3 heterocycles. The normalized spacial score (nSPS) is 15.5. The fraction of sp³-hybridized carbons (Fsp3) is 0.435. The van der Waals surface area contributed by atoms with E-state index in [0.717, 1.165) is 47.8 Å². The summed E-state index contributed by atoms with van der Waals surface area (Å²) in [6.07, 6.45) is 1.65. The number of anilines is 1. The Bertz CT molecular complexity index is 990. The number of hydrogen-bond donors (Lipinski definition) is 0. The molecule has 0 aliphatic carbocycles. The van der Waals surface area contributed by atoms with Crippen LogP contribution in [0.5, 0.6) is 0 Å². The maximum absolute atomic E-state index is 13.2. The molecule has 1 amide bonds. The summed E-state index contributed by atoms with van der Waals surface area (Å²) in [5.41, 5.74) is 0.939. The van der Waals surface area contributed by atoms with E-state index in [2.05, 4.69) is 64.1 Å². The number of fused-ring (bicyclic) bond motifs is 1. The first-order chi connectivity index (χ1) is 14.4. The van der Waals surface area contributed by atoms with E-state index in [1.807, 2.05) is 23.1 Å². The summed E-state index contributed by atoms with van der Waals surface area (Å²) >= 11 is 1.64. The van der Waals surface area contributed by atoms with Crippen molar-refractivity contribution in [2.75, 3.05) is 37.6 Å². The van der Waals surface area contributed by atoms with Gasteiger partial charge in [-0.15, -0.1) is 11.3 Å². The van der Waals surface area contributed by atoms with Crippen molar-refractivity contribution in [3.63, 3.8) is 0 Å². The van der Waals surface area contributed by atoms with Crippen molar-refractivity contribution in [1.82, 2.24) is 19.8 Å². The van der Waals surface area contributed by atoms with Crippen LogP contribution in [0, 0.1) is 0 Å². The summed E-state index contributed by atoms with van der Waals surface area (Å²) < 4.78 is 0.